The van der Waals surface area contributed by atoms with Crippen molar-refractivity contribution in [3.8, 4) is 5.75 Å². The minimum absolute atomic E-state index is 0.0195. The molecule has 3 rings (SSSR count). The SMILES string of the molecule is CCCOc1ccc(CC(=O)O)cc1[C@H]1C[C@](C)(NC(=O)CCO)C[C@@H](c2ccc(Cl)cc2)O1. The van der Waals surface area contributed by atoms with Gasteiger partial charge in [0, 0.05) is 35.4 Å². The lowest BCUT2D eigenvalue weighted by atomic mass is 9.80. The Morgan fingerprint density at radius 3 is 2.53 bits per heavy atom. The Bertz CT molecular complexity index is 995. The second-order valence-corrected chi connectivity index (χ2v) is 9.38. The molecule has 2 aromatic carbocycles. The van der Waals surface area contributed by atoms with E-state index in [9.17, 15) is 19.8 Å². The number of carboxylic acid groups (broad SMARTS) is 1. The van der Waals surface area contributed by atoms with Crippen molar-refractivity contribution in [2.75, 3.05) is 13.2 Å². The van der Waals surface area contributed by atoms with Gasteiger partial charge in [0.25, 0.3) is 0 Å². The fourth-order valence-corrected chi connectivity index (χ4v) is 4.46. The van der Waals surface area contributed by atoms with Gasteiger partial charge in [0.1, 0.15) is 5.75 Å². The number of halogens is 1. The molecule has 0 aromatic heterocycles. The third-order valence-corrected chi connectivity index (χ3v) is 6.11. The highest BCUT2D eigenvalue weighted by atomic mass is 35.5. The lowest BCUT2D eigenvalue weighted by Crippen LogP contribution is -2.51. The molecule has 1 fully saturated rings. The minimum Gasteiger partial charge on any atom is -0.493 e. The molecule has 2 aromatic rings. The van der Waals surface area contributed by atoms with Crippen LogP contribution in [0.25, 0.3) is 0 Å². The van der Waals surface area contributed by atoms with Gasteiger partial charge < -0.3 is 25.0 Å². The molecule has 34 heavy (non-hydrogen) atoms. The van der Waals surface area contributed by atoms with Gasteiger partial charge in [0.2, 0.25) is 5.91 Å². The molecule has 1 aliphatic heterocycles. The fourth-order valence-electron chi connectivity index (χ4n) is 4.33. The quantitative estimate of drug-likeness (QED) is 0.450. The monoisotopic (exact) mass is 489 g/mol. The number of carbonyl (C=O) groups excluding carboxylic acids is 1. The second-order valence-electron chi connectivity index (χ2n) is 8.95. The van der Waals surface area contributed by atoms with E-state index in [0.717, 1.165) is 17.5 Å². The van der Waals surface area contributed by atoms with Crippen LogP contribution in [0.1, 0.15) is 68.4 Å². The second kappa shape index (κ2) is 11.7. The van der Waals surface area contributed by atoms with Gasteiger partial charge in [-0.1, -0.05) is 36.7 Å². The molecule has 8 heteroatoms. The van der Waals surface area contributed by atoms with E-state index in [1.165, 1.54) is 0 Å². The van der Waals surface area contributed by atoms with Crippen LogP contribution in [0.2, 0.25) is 5.02 Å². The van der Waals surface area contributed by atoms with E-state index < -0.39 is 17.6 Å². The lowest BCUT2D eigenvalue weighted by molar-refractivity contribution is -0.136. The summed E-state index contributed by atoms with van der Waals surface area (Å²) in [5.74, 6) is -0.512. The summed E-state index contributed by atoms with van der Waals surface area (Å²) >= 11 is 6.08. The number of rotatable bonds is 10. The maximum absolute atomic E-state index is 12.4. The van der Waals surface area contributed by atoms with E-state index in [0.29, 0.717) is 35.8 Å². The van der Waals surface area contributed by atoms with Crippen molar-refractivity contribution in [2.45, 2.75) is 63.7 Å². The third-order valence-electron chi connectivity index (χ3n) is 5.86. The molecule has 7 nitrogen and oxygen atoms in total. The number of nitrogens with one attached hydrogen (secondary N) is 1. The van der Waals surface area contributed by atoms with E-state index in [4.69, 9.17) is 21.1 Å². The summed E-state index contributed by atoms with van der Waals surface area (Å²) in [6.45, 7) is 4.27. The number of ether oxygens (including phenoxy) is 2. The summed E-state index contributed by atoms with van der Waals surface area (Å²) in [5.41, 5.74) is 1.71. The molecule has 1 saturated heterocycles. The first-order chi connectivity index (χ1) is 16.2. The molecule has 1 amide bonds. The molecule has 0 unspecified atom stereocenters. The molecule has 1 aliphatic rings. The zero-order valence-electron chi connectivity index (χ0n) is 19.6. The fraction of sp³-hybridized carbons (Fsp3) is 0.462. The molecule has 0 bridgehead atoms. The van der Waals surface area contributed by atoms with Crippen molar-refractivity contribution in [3.63, 3.8) is 0 Å². The van der Waals surface area contributed by atoms with Crippen LogP contribution >= 0.6 is 11.6 Å². The molecule has 1 heterocycles. The number of carbonyl (C=O) groups is 2. The summed E-state index contributed by atoms with van der Waals surface area (Å²) in [4.78, 5) is 23.7. The number of aliphatic carboxylic acids is 1. The van der Waals surface area contributed by atoms with Gasteiger partial charge in [-0.25, -0.2) is 0 Å². The number of benzene rings is 2. The van der Waals surface area contributed by atoms with Crippen molar-refractivity contribution in [3.05, 3.63) is 64.2 Å². The molecular weight excluding hydrogens is 458 g/mol. The maximum atomic E-state index is 12.4. The van der Waals surface area contributed by atoms with E-state index in [1.54, 1.807) is 24.3 Å². The van der Waals surface area contributed by atoms with Crippen molar-refractivity contribution < 1.29 is 29.3 Å². The van der Waals surface area contributed by atoms with Crippen LogP contribution < -0.4 is 10.1 Å². The van der Waals surface area contributed by atoms with Gasteiger partial charge in [-0.05, 0) is 48.7 Å². The Morgan fingerprint density at radius 1 is 1.18 bits per heavy atom. The van der Waals surface area contributed by atoms with Gasteiger partial charge in [-0.15, -0.1) is 0 Å². The molecule has 0 spiro atoms. The number of carboxylic acids is 1. The van der Waals surface area contributed by atoms with Gasteiger partial charge >= 0.3 is 5.97 Å². The molecule has 0 radical (unpaired) electrons. The largest absolute Gasteiger partial charge is 0.493 e. The molecule has 0 saturated carbocycles. The van der Waals surface area contributed by atoms with E-state index in [2.05, 4.69) is 5.32 Å². The highest BCUT2D eigenvalue weighted by Gasteiger charge is 2.41. The number of aliphatic hydroxyl groups is 1. The minimum atomic E-state index is -0.919. The summed E-state index contributed by atoms with van der Waals surface area (Å²) in [6.07, 6.45) is 0.941. The molecule has 0 aliphatic carbocycles. The standard InChI is InChI=1S/C26H32ClNO6/c1-3-12-33-21-9-4-17(14-25(31)32)13-20(21)23-16-26(2,28-24(30)10-11-29)15-22(34-23)18-5-7-19(27)8-6-18/h4-9,13,22-23,29H,3,10-12,14-16H2,1-2H3,(H,28,30)(H,31,32)/t22-,23+,26+/m0/s1. The maximum Gasteiger partial charge on any atom is 0.307 e. The van der Waals surface area contributed by atoms with Gasteiger partial charge in [-0.3, -0.25) is 9.59 Å². The van der Waals surface area contributed by atoms with E-state index >= 15 is 0 Å². The van der Waals surface area contributed by atoms with E-state index in [1.807, 2.05) is 32.0 Å². The molecule has 184 valence electrons. The first-order valence-corrected chi connectivity index (χ1v) is 11.9. The molecular formula is C26H32ClNO6. The first kappa shape index (κ1) is 26.0. The van der Waals surface area contributed by atoms with Gasteiger partial charge in [-0.2, -0.15) is 0 Å². The predicted molar refractivity (Wildman–Crippen MR) is 129 cm³/mol. The van der Waals surface area contributed by atoms with Crippen molar-refractivity contribution >= 4 is 23.5 Å². The number of aliphatic hydroxyl groups excluding tert-OH is 1. The van der Waals surface area contributed by atoms with Crippen LogP contribution in [0, 0.1) is 0 Å². The average molecular weight is 490 g/mol. The number of amides is 1. The van der Waals surface area contributed by atoms with Crippen LogP contribution in [-0.4, -0.2) is 40.8 Å². The smallest absolute Gasteiger partial charge is 0.307 e. The summed E-state index contributed by atoms with van der Waals surface area (Å²) < 4.78 is 12.5. The molecule has 3 atom stereocenters. The highest BCUT2D eigenvalue weighted by Crippen LogP contribution is 2.46. The van der Waals surface area contributed by atoms with Crippen LogP contribution in [-0.2, 0) is 20.7 Å². The van der Waals surface area contributed by atoms with E-state index in [-0.39, 0.29) is 31.5 Å². The zero-order chi connectivity index (χ0) is 24.7. The number of hydrogen-bond acceptors (Lipinski definition) is 5. The summed E-state index contributed by atoms with van der Waals surface area (Å²) in [7, 11) is 0. The van der Waals surface area contributed by atoms with Crippen molar-refractivity contribution in [1.82, 2.24) is 5.32 Å². The third kappa shape index (κ3) is 6.95. The highest BCUT2D eigenvalue weighted by molar-refractivity contribution is 6.30. The lowest BCUT2D eigenvalue weighted by Gasteiger charge is -2.43. The van der Waals surface area contributed by atoms with Crippen LogP contribution in [0.3, 0.4) is 0 Å². The van der Waals surface area contributed by atoms with Crippen molar-refractivity contribution in [1.29, 1.82) is 0 Å². The Balaban J connectivity index is 2.00. The van der Waals surface area contributed by atoms with Crippen LogP contribution in [0.5, 0.6) is 5.75 Å². The normalized spacial score (nSPS) is 22.2. The predicted octanol–water partition coefficient (Wildman–Crippen LogP) is 4.61. The summed E-state index contributed by atoms with van der Waals surface area (Å²) in [5, 5.41) is 22.2. The van der Waals surface area contributed by atoms with Crippen LogP contribution in [0.4, 0.5) is 0 Å². The topological polar surface area (TPSA) is 105 Å². The van der Waals surface area contributed by atoms with Gasteiger partial charge in [0.15, 0.2) is 0 Å². The Kier molecular flexibility index (Phi) is 8.94. The van der Waals surface area contributed by atoms with Crippen molar-refractivity contribution in [2.24, 2.45) is 0 Å². The Hall–Kier alpha value is -2.61. The van der Waals surface area contributed by atoms with Gasteiger partial charge in [0.05, 0.1) is 31.8 Å². The summed E-state index contributed by atoms with van der Waals surface area (Å²) in [6, 6.07) is 12.8. The first-order valence-electron chi connectivity index (χ1n) is 11.5. The molecule has 3 N–H and O–H groups in total. The van der Waals surface area contributed by atoms with Crippen LogP contribution in [0.15, 0.2) is 42.5 Å². The average Bonchev–Trinajstić information content (AvgIpc) is 2.77. The zero-order valence-corrected chi connectivity index (χ0v) is 20.3. The number of hydrogen-bond donors (Lipinski definition) is 3. The Morgan fingerprint density at radius 2 is 1.88 bits per heavy atom. The Labute approximate surface area is 205 Å².